The number of benzene rings is 1. The van der Waals surface area contributed by atoms with Gasteiger partial charge in [0.1, 0.15) is 6.10 Å². The summed E-state index contributed by atoms with van der Waals surface area (Å²) in [7, 11) is 0. The predicted octanol–water partition coefficient (Wildman–Crippen LogP) is 1.87. The number of hydrogen-bond acceptors (Lipinski definition) is 13. The van der Waals surface area contributed by atoms with Crippen molar-refractivity contribution in [3.05, 3.63) is 67.1 Å². The van der Waals surface area contributed by atoms with Crippen molar-refractivity contribution < 1.29 is 14.1 Å². The lowest BCUT2D eigenvalue weighted by atomic mass is 10.2. The van der Waals surface area contributed by atoms with Crippen molar-refractivity contribution in [2.75, 3.05) is 80.1 Å². The van der Waals surface area contributed by atoms with Gasteiger partial charge in [-0.15, -0.1) is 0 Å². The molecule has 0 saturated carbocycles. The first kappa shape index (κ1) is 28.4. The first-order chi connectivity index (χ1) is 21.1. The Hall–Kier alpha value is -4.69. The molecule has 1 amide bonds. The Balaban J connectivity index is 0.000000229. The molecule has 0 aliphatic carbocycles. The topological polar surface area (TPSA) is 142 Å². The fraction of sp³-hybridized carbons (Fsp3) is 0.414. The minimum absolute atomic E-state index is 0.161. The Morgan fingerprint density at radius 3 is 2.02 bits per heavy atom. The molecule has 1 N–H and O–H groups in total. The van der Waals surface area contributed by atoms with Crippen LogP contribution in [0.4, 0.5) is 22.4 Å². The molecule has 1 aromatic carbocycles. The van der Waals surface area contributed by atoms with Gasteiger partial charge in [0.25, 0.3) is 0 Å². The van der Waals surface area contributed by atoms with Crippen LogP contribution >= 0.6 is 0 Å². The fourth-order valence-corrected chi connectivity index (χ4v) is 5.23. The predicted molar refractivity (Wildman–Crippen MR) is 160 cm³/mol. The summed E-state index contributed by atoms with van der Waals surface area (Å²) >= 11 is 0. The summed E-state index contributed by atoms with van der Waals surface area (Å²) < 4.78 is 10.7. The number of cyclic esters (lactones) is 1. The van der Waals surface area contributed by atoms with E-state index in [0.29, 0.717) is 24.8 Å². The summed E-state index contributed by atoms with van der Waals surface area (Å²) in [6.07, 6.45) is 6.61. The number of nitrogens with zero attached hydrogens (tertiary/aromatic N) is 10. The summed E-state index contributed by atoms with van der Waals surface area (Å²) in [6, 6.07) is 11.2. The number of amides is 1. The van der Waals surface area contributed by atoms with Crippen LogP contribution in [0.15, 0.2) is 65.7 Å². The molecule has 1 unspecified atom stereocenters. The van der Waals surface area contributed by atoms with Gasteiger partial charge in [-0.3, -0.25) is 9.80 Å². The van der Waals surface area contributed by atoms with E-state index in [4.69, 9.17) is 9.26 Å². The lowest BCUT2D eigenvalue weighted by Crippen LogP contribution is -2.49. The van der Waals surface area contributed by atoms with Gasteiger partial charge >= 0.3 is 6.09 Å². The van der Waals surface area contributed by atoms with Crippen molar-refractivity contribution in [1.82, 2.24) is 40.3 Å². The first-order valence-electron chi connectivity index (χ1n) is 14.5. The van der Waals surface area contributed by atoms with Crippen LogP contribution in [0.25, 0.3) is 11.4 Å². The SMILES string of the molecule is Cc1nc(-c2ccc(N3CC(CN4CCN(c5ncccn5)CC4)OC3=O)cc2)no1.c1cnc(N2CCNCC2)nc1. The van der Waals surface area contributed by atoms with Gasteiger partial charge in [0.05, 0.1) is 6.54 Å². The van der Waals surface area contributed by atoms with Crippen LogP contribution in [0.5, 0.6) is 0 Å². The number of aryl methyl sites for hydroxylation is 1. The molecule has 43 heavy (non-hydrogen) atoms. The lowest BCUT2D eigenvalue weighted by molar-refractivity contribution is 0.106. The Kier molecular flexibility index (Phi) is 8.94. The first-order valence-corrected chi connectivity index (χ1v) is 14.5. The van der Waals surface area contributed by atoms with E-state index in [0.717, 1.165) is 75.5 Å². The lowest BCUT2D eigenvalue weighted by Gasteiger charge is -2.35. The van der Waals surface area contributed by atoms with Gasteiger partial charge in [-0.05, 0) is 36.4 Å². The highest BCUT2D eigenvalue weighted by Gasteiger charge is 2.34. The molecule has 14 heteroatoms. The van der Waals surface area contributed by atoms with Gasteiger partial charge in [0.2, 0.25) is 23.6 Å². The van der Waals surface area contributed by atoms with Gasteiger partial charge in [0, 0.05) is 102 Å². The molecule has 3 aliphatic rings. The van der Waals surface area contributed by atoms with E-state index in [2.05, 4.69) is 50.1 Å². The molecular formula is C29H35N11O3. The second-order valence-electron chi connectivity index (χ2n) is 10.4. The second kappa shape index (κ2) is 13.5. The number of carbonyl (C=O) groups excluding carboxylic acids is 1. The van der Waals surface area contributed by atoms with Crippen molar-refractivity contribution in [2.45, 2.75) is 13.0 Å². The minimum atomic E-state index is -0.315. The van der Waals surface area contributed by atoms with E-state index >= 15 is 0 Å². The quantitative estimate of drug-likeness (QED) is 0.352. The molecule has 224 valence electrons. The van der Waals surface area contributed by atoms with Crippen LogP contribution in [-0.2, 0) is 4.74 Å². The van der Waals surface area contributed by atoms with E-state index in [9.17, 15) is 4.79 Å². The zero-order valence-corrected chi connectivity index (χ0v) is 24.1. The van der Waals surface area contributed by atoms with Crippen molar-refractivity contribution in [3.8, 4) is 11.4 Å². The third-order valence-electron chi connectivity index (χ3n) is 7.46. The van der Waals surface area contributed by atoms with E-state index < -0.39 is 0 Å². The van der Waals surface area contributed by atoms with Gasteiger partial charge in [-0.25, -0.2) is 24.7 Å². The number of ether oxygens (including phenoxy) is 1. The Bertz CT molecular complexity index is 1440. The standard InChI is InChI=1S/C21H23N7O3.C8H12N4/c1-15-24-19(25-31-15)16-3-5-17(6-4-16)28-14-18(30-21(28)29)13-26-9-11-27(12-10-26)20-22-7-2-8-23-20;1-2-10-8(11-3-1)12-6-4-9-5-7-12/h2-8,18H,9-14H2,1H3;1-3,9H,4-7H2. The summed E-state index contributed by atoms with van der Waals surface area (Å²) in [6.45, 7) is 10.5. The average molecular weight is 586 g/mol. The zero-order chi connectivity index (χ0) is 29.4. The second-order valence-corrected chi connectivity index (χ2v) is 10.4. The maximum atomic E-state index is 12.4. The molecule has 0 radical (unpaired) electrons. The highest BCUT2D eigenvalue weighted by atomic mass is 16.6. The number of anilines is 3. The van der Waals surface area contributed by atoms with Crippen LogP contribution in [-0.4, -0.2) is 113 Å². The monoisotopic (exact) mass is 585 g/mol. The van der Waals surface area contributed by atoms with E-state index in [-0.39, 0.29) is 12.2 Å². The van der Waals surface area contributed by atoms with E-state index in [1.54, 1.807) is 36.6 Å². The maximum absolute atomic E-state index is 12.4. The van der Waals surface area contributed by atoms with Crippen molar-refractivity contribution in [3.63, 3.8) is 0 Å². The number of carbonyl (C=O) groups is 1. The van der Waals surface area contributed by atoms with Crippen LogP contribution in [0.2, 0.25) is 0 Å². The van der Waals surface area contributed by atoms with E-state index in [1.165, 1.54) is 0 Å². The highest BCUT2D eigenvalue weighted by molar-refractivity contribution is 5.90. The Morgan fingerprint density at radius 2 is 1.44 bits per heavy atom. The summed E-state index contributed by atoms with van der Waals surface area (Å²) in [5.74, 6) is 2.66. The fourth-order valence-electron chi connectivity index (χ4n) is 5.23. The molecule has 3 fully saturated rings. The summed E-state index contributed by atoms with van der Waals surface area (Å²) in [4.78, 5) is 42.0. The van der Waals surface area contributed by atoms with Crippen LogP contribution in [0.3, 0.4) is 0 Å². The third-order valence-corrected chi connectivity index (χ3v) is 7.46. The Labute approximate surface area is 249 Å². The van der Waals surface area contributed by atoms with Crippen LogP contribution < -0.4 is 20.0 Å². The average Bonchev–Trinajstić information content (AvgIpc) is 3.67. The summed E-state index contributed by atoms with van der Waals surface area (Å²) in [5, 5.41) is 7.21. The molecule has 1 atom stereocenters. The molecular weight excluding hydrogens is 550 g/mol. The summed E-state index contributed by atoms with van der Waals surface area (Å²) in [5.41, 5.74) is 1.63. The molecule has 0 spiro atoms. The van der Waals surface area contributed by atoms with E-state index in [1.807, 2.05) is 36.4 Å². The number of aromatic nitrogens is 6. The largest absolute Gasteiger partial charge is 0.443 e. The molecule has 14 nitrogen and oxygen atoms in total. The molecule has 7 rings (SSSR count). The minimum Gasteiger partial charge on any atom is -0.443 e. The van der Waals surface area contributed by atoms with Gasteiger partial charge < -0.3 is 24.4 Å². The van der Waals surface area contributed by atoms with Gasteiger partial charge in [-0.2, -0.15) is 4.98 Å². The van der Waals surface area contributed by atoms with Crippen molar-refractivity contribution in [1.29, 1.82) is 0 Å². The number of piperazine rings is 2. The normalized spacial score (nSPS) is 19.1. The van der Waals surface area contributed by atoms with Crippen LogP contribution in [0.1, 0.15) is 5.89 Å². The zero-order valence-electron chi connectivity index (χ0n) is 24.1. The molecule has 3 saturated heterocycles. The highest BCUT2D eigenvalue weighted by Crippen LogP contribution is 2.25. The smallest absolute Gasteiger partial charge is 0.414 e. The Morgan fingerprint density at radius 1 is 0.837 bits per heavy atom. The molecule has 0 bridgehead atoms. The van der Waals surface area contributed by atoms with Crippen molar-refractivity contribution in [2.24, 2.45) is 0 Å². The molecule has 3 aromatic heterocycles. The van der Waals surface area contributed by atoms with Gasteiger partial charge in [-0.1, -0.05) is 5.16 Å². The molecule has 6 heterocycles. The number of nitrogens with one attached hydrogen (secondary N) is 1. The molecule has 4 aromatic rings. The van der Waals surface area contributed by atoms with Crippen LogP contribution in [0, 0.1) is 6.92 Å². The van der Waals surface area contributed by atoms with Gasteiger partial charge in [0.15, 0.2) is 0 Å². The maximum Gasteiger partial charge on any atom is 0.414 e. The number of rotatable bonds is 6. The third kappa shape index (κ3) is 7.21. The molecule has 3 aliphatic heterocycles. The number of hydrogen-bond donors (Lipinski definition) is 1. The van der Waals surface area contributed by atoms with Crippen molar-refractivity contribution >= 4 is 23.7 Å².